The van der Waals surface area contributed by atoms with Gasteiger partial charge in [0.15, 0.2) is 6.61 Å². The molecule has 0 aliphatic carbocycles. The third-order valence-corrected chi connectivity index (χ3v) is 5.29. The SMILES string of the molecule is O=C(O)COc1cccc2c1ccn2CCOCC(c1ccccc1)c1ccccc1. The Morgan fingerprint density at radius 1 is 0.871 bits per heavy atom. The lowest BCUT2D eigenvalue weighted by atomic mass is 9.92. The summed E-state index contributed by atoms with van der Waals surface area (Å²) in [7, 11) is 0. The minimum atomic E-state index is -0.990. The van der Waals surface area contributed by atoms with E-state index in [0.717, 1.165) is 10.9 Å². The maximum Gasteiger partial charge on any atom is 0.341 e. The van der Waals surface area contributed by atoms with Gasteiger partial charge in [-0.2, -0.15) is 0 Å². The molecule has 0 aliphatic rings. The quantitative estimate of drug-likeness (QED) is 0.372. The molecule has 0 aliphatic heterocycles. The van der Waals surface area contributed by atoms with E-state index in [0.29, 0.717) is 25.5 Å². The summed E-state index contributed by atoms with van der Waals surface area (Å²) in [4.78, 5) is 10.8. The predicted octanol–water partition coefficient (Wildman–Crippen LogP) is 4.95. The molecule has 3 aromatic carbocycles. The van der Waals surface area contributed by atoms with Gasteiger partial charge in [0.2, 0.25) is 0 Å². The highest BCUT2D eigenvalue weighted by molar-refractivity contribution is 5.86. The summed E-state index contributed by atoms with van der Waals surface area (Å²) in [5.74, 6) is -0.233. The standard InChI is InChI=1S/C26H25NO4/c28-26(29)19-31-25-13-7-12-24-22(25)14-15-27(24)16-17-30-18-23(20-8-3-1-4-9-20)21-10-5-2-6-11-21/h1-15,23H,16-19H2,(H,28,29). The van der Waals surface area contributed by atoms with Gasteiger partial charge in [0.05, 0.1) is 18.7 Å². The summed E-state index contributed by atoms with van der Waals surface area (Å²) in [6.07, 6.45) is 1.98. The van der Waals surface area contributed by atoms with Crippen molar-refractivity contribution in [2.45, 2.75) is 12.5 Å². The molecule has 0 amide bonds. The maximum atomic E-state index is 10.8. The minimum Gasteiger partial charge on any atom is -0.481 e. The lowest BCUT2D eigenvalue weighted by molar-refractivity contribution is -0.139. The van der Waals surface area contributed by atoms with Crippen LogP contribution in [0.25, 0.3) is 10.9 Å². The highest BCUT2D eigenvalue weighted by Gasteiger charge is 2.14. The van der Waals surface area contributed by atoms with Crippen LogP contribution in [0.4, 0.5) is 0 Å². The molecule has 0 unspecified atom stereocenters. The number of rotatable bonds is 10. The van der Waals surface area contributed by atoms with Crippen molar-refractivity contribution in [3.8, 4) is 5.75 Å². The number of carbonyl (C=O) groups is 1. The monoisotopic (exact) mass is 415 g/mol. The first kappa shape index (κ1) is 20.7. The molecule has 0 bridgehead atoms. The van der Waals surface area contributed by atoms with Crippen molar-refractivity contribution in [2.75, 3.05) is 19.8 Å². The van der Waals surface area contributed by atoms with Crippen molar-refractivity contribution in [3.63, 3.8) is 0 Å². The molecule has 5 heteroatoms. The van der Waals surface area contributed by atoms with Gasteiger partial charge in [-0.3, -0.25) is 0 Å². The molecule has 0 radical (unpaired) electrons. The van der Waals surface area contributed by atoms with E-state index in [-0.39, 0.29) is 12.5 Å². The number of ether oxygens (including phenoxy) is 2. The summed E-state index contributed by atoms with van der Waals surface area (Å²) < 4.78 is 13.6. The second-order valence-corrected chi connectivity index (χ2v) is 7.33. The van der Waals surface area contributed by atoms with Crippen molar-refractivity contribution in [1.82, 2.24) is 4.57 Å². The Morgan fingerprint density at radius 2 is 1.55 bits per heavy atom. The molecule has 5 nitrogen and oxygen atoms in total. The molecule has 1 aromatic heterocycles. The summed E-state index contributed by atoms with van der Waals surface area (Å²) in [6, 6.07) is 28.4. The van der Waals surface area contributed by atoms with Gasteiger partial charge in [0.1, 0.15) is 5.75 Å². The van der Waals surface area contributed by atoms with Crippen LogP contribution in [0.5, 0.6) is 5.75 Å². The number of fused-ring (bicyclic) bond motifs is 1. The van der Waals surface area contributed by atoms with Crippen LogP contribution in [0.3, 0.4) is 0 Å². The van der Waals surface area contributed by atoms with Crippen molar-refractivity contribution in [1.29, 1.82) is 0 Å². The molecule has 0 atom stereocenters. The Kier molecular flexibility index (Phi) is 6.65. The lowest BCUT2D eigenvalue weighted by Gasteiger charge is -2.18. The molecule has 0 saturated carbocycles. The van der Waals surface area contributed by atoms with Crippen molar-refractivity contribution in [2.24, 2.45) is 0 Å². The van der Waals surface area contributed by atoms with Crippen molar-refractivity contribution >= 4 is 16.9 Å². The molecular weight excluding hydrogens is 390 g/mol. The number of aromatic nitrogens is 1. The zero-order valence-electron chi connectivity index (χ0n) is 17.2. The molecule has 158 valence electrons. The average molecular weight is 415 g/mol. The molecule has 1 heterocycles. The van der Waals surface area contributed by atoms with E-state index in [1.165, 1.54) is 11.1 Å². The highest BCUT2D eigenvalue weighted by atomic mass is 16.5. The van der Waals surface area contributed by atoms with Crippen LogP contribution in [0, 0.1) is 0 Å². The molecule has 0 spiro atoms. The number of aliphatic carboxylic acids is 1. The van der Waals surface area contributed by atoms with Crippen LogP contribution in [0.2, 0.25) is 0 Å². The molecule has 0 fully saturated rings. The van der Waals surface area contributed by atoms with E-state index in [9.17, 15) is 4.79 Å². The Bertz CT molecular complexity index is 1080. The van der Waals surface area contributed by atoms with Gasteiger partial charge in [-0.15, -0.1) is 0 Å². The van der Waals surface area contributed by atoms with Crippen LogP contribution >= 0.6 is 0 Å². The Labute approximate surface area is 181 Å². The highest BCUT2D eigenvalue weighted by Crippen LogP contribution is 2.27. The zero-order chi connectivity index (χ0) is 21.5. The largest absolute Gasteiger partial charge is 0.481 e. The van der Waals surface area contributed by atoms with Crippen LogP contribution in [0.1, 0.15) is 17.0 Å². The van der Waals surface area contributed by atoms with Crippen molar-refractivity contribution < 1.29 is 19.4 Å². The van der Waals surface area contributed by atoms with E-state index in [2.05, 4.69) is 53.1 Å². The van der Waals surface area contributed by atoms with Crippen LogP contribution in [-0.4, -0.2) is 35.5 Å². The van der Waals surface area contributed by atoms with Gasteiger partial charge >= 0.3 is 5.97 Å². The minimum absolute atomic E-state index is 0.180. The van der Waals surface area contributed by atoms with Crippen LogP contribution in [0.15, 0.2) is 91.1 Å². The number of hydrogen-bond donors (Lipinski definition) is 1. The maximum absolute atomic E-state index is 10.8. The first-order chi connectivity index (χ1) is 15.2. The normalized spacial score (nSPS) is 11.1. The fraction of sp³-hybridized carbons (Fsp3) is 0.192. The summed E-state index contributed by atoms with van der Waals surface area (Å²) in [5, 5.41) is 9.76. The fourth-order valence-corrected chi connectivity index (χ4v) is 3.78. The first-order valence-corrected chi connectivity index (χ1v) is 10.3. The van der Waals surface area contributed by atoms with Gasteiger partial charge in [-0.25, -0.2) is 4.79 Å². The fourth-order valence-electron chi connectivity index (χ4n) is 3.78. The van der Waals surface area contributed by atoms with E-state index in [1.54, 1.807) is 6.07 Å². The number of nitrogens with zero attached hydrogens (tertiary/aromatic N) is 1. The predicted molar refractivity (Wildman–Crippen MR) is 121 cm³/mol. The lowest BCUT2D eigenvalue weighted by Crippen LogP contribution is -2.13. The van der Waals surface area contributed by atoms with Gasteiger partial charge in [0, 0.05) is 24.0 Å². The first-order valence-electron chi connectivity index (χ1n) is 10.3. The molecular formula is C26H25NO4. The molecule has 4 rings (SSSR count). The number of carboxylic acid groups (broad SMARTS) is 1. The number of hydrogen-bond acceptors (Lipinski definition) is 3. The summed E-state index contributed by atoms with van der Waals surface area (Å²) >= 11 is 0. The van der Waals surface area contributed by atoms with E-state index >= 15 is 0 Å². The van der Waals surface area contributed by atoms with Gasteiger partial charge in [-0.05, 0) is 29.3 Å². The molecule has 0 saturated heterocycles. The van der Waals surface area contributed by atoms with Gasteiger partial charge < -0.3 is 19.1 Å². The Hall–Kier alpha value is -3.57. The second-order valence-electron chi connectivity index (χ2n) is 7.33. The van der Waals surface area contributed by atoms with Gasteiger partial charge in [0.25, 0.3) is 0 Å². The van der Waals surface area contributed by atoms with E-state index in [4.69, 9.17) is 14.6 Å². The van der Waals surface area contributed by atoms with E-state index in [1.807, 2.05) is 36.5 Å². The van der Waals surface area contributed by atoms with Crippen molar-refractivity contribution in [3.05, 3.63) is 102 Å². The van der Waals surface area contributed by atoms with Crippen LogP contribution in [-0.2, 0) is 16.1 Å². The summed E-state index contributed by atoms with van der Waals surface area (Å²) in [6.45, 7) is 1.51. The topological polar surface area (TPSA) is 60.7 Å². The molecule has 31 heavy (non-hydrogen) atoms. The molecule has 1 N–H and O–H groups in total. The van der Waals surface area contributed by atoms with Gasteiger partial charge in [-0.1, -0.05) is 66.7 Å². The third-order valence-electron chi connectivity index (χ3n) is 5.29. The Morgan fingerprint density at radius 3 is 2.19 bits per heavy atom. The summed E-state index contributed by atoms with van der Waals surface area (Å²) in [5.41, 5.74) is 3.47. The number of benzene rings is 3. The van der Waals surface area contributed by atoms with E-state index < -0.39 is 5.97 Å². The smallest absolute Gasteiger partial charge is 0.341 e. The molecule has 4 aromatic rings. The average Bonchev–Trinajstić information content (AvgIpc) is 3.22. The zero-order valence-corrected chi connectivity index (χ0v) is 17.2. The van der Waals surface area contributed by atoms with Crippen LogP contribution < -0.4 is 4.74 Å². The Balaban J connectivity index is 1.41. The third kappa shape index (κ3) is 5.13. The second kappa shape index (κ2) is 9.96. The number of carboxylic acids is 1.